The number of carbonyl (C=O) groups excluding carboxylic acids is 1. The molecular weight excluding hydrogens is 480 g/mol. The number of anilines is 1. The Morgan fingerprint density at radius 2 is 1.69 bits per heavy atom. The average molecular weight is 507 g/mol. The van der Waals surface area contributed by atoms with Gasteiger partial charge in [0, 0.05) is 0 Å². The van der Waals surface area contributed by atoms with Crippen LogP contribution in [0.3, 0.4) is 0 Å². The van der Waals surface area contributed by atoms with Crippen LogP contribution in [0.5, 0.6) is 11.5 Å². The zero-order valence-corrected chi connectivity index (χ0v) is 21.7. The van der Waals surface area contributed by atoms with E-state index in [0.29, 0.717) is 33.2 Å². The summed E-state index contributed by atoms with van der Waals surface area (Å²) < 4.78 is 11.3. The van der Waals surface area contributed by atoms with Gasteiger partial charge < -0.3 is 9.47 Å². The summed E-state index contributed by atoms with van der Waals surface area (Å²) in [5.41, 5.74) is 4.56. The number of nitrogens with zero attached hydrogens (tertiary/aromatic N) is 2. The summed E-state index contributed by atoms with van der Waals surface area (Å²) in [4.78, 5) is 20.5. The van der Waals surface area contributed by atoms with E-state index in [1.54, 1.807) is 18.1 Å². The van der Waals surface area contributed by atoms with Crippen LogP contribution in [-0.4, -0.2) is 24.8 Å². The summed E-state index contributed by atoms with van der Waals surface area (Å²) in [6.45, 7) is 6.61. The summed E-state index contributed by atoms with van der Waals surface area (Å²) in [7, 11) is 1.57. The van der Waals surface area contributed by atoms with Gasteiger partial charge in [0.2, 0.25) is 0 Å². The standard InChI is InChI=1S/C28H27ClN2O3S/c1-5-14-34-26-23(29)15-20(16-24(26)33-4)17-25-27(32)31(22-12-8-19(3)9-13-22)28(35-25)30-21-10-6-18(2)7-11-21/h6-13,15-17H,5,14H2,1-4H3/b25-17-,30-28?. The van der Waals surface area contributed by atoms with Gasteiger partial charge >= 0.3 is 0 Å². The normalized spacial score (nSPS) is 15.8. The van der Waals surface area contributed by atoms with Crippen molar-refractivity contribution in [1.82, 2.24) is 0 Å². The van der Waals surface area contributed by atoms with E-state index in [2.05, 4.69) is 0 Å². The minimum atomic E-state index is -0.147. The van der Waals surface area contributed by atoms with E-state index >= 15 is 0 Å². The third kappa shape index (κ3) is 5.72. The molecule has 35 heavy (non-hydrogen) atoms. The van der Waals surface area contributed by atoms with Crippen molar-refractivity contribution in [3.05, 3.63) is 87.3 Å². The van der Waals surface area contributed by atoms with Crippen molar-refractivity contribution in [3.63, 3.8) is 0 Å². The van der Waals surface area contributed by atoms with Crippen LogP contribution < -0.4 is 14.4 Å². The second kappa shape index (κ2) is 11.0. The Balaban J connectivity index is 1.74. The molecule has 0 bridgehead atoms. The van der Waals surface area contributed by atoms with Crippen LogP contribution in [0, 0.1) is 13.8 Å². The van der Waals surface area contributed by atoms with Gasteiger partial charge in [-0.15, -0.1) is 0 Å². The molecule has 0 spiro atoms. The van der Waals surface area contributed by atoms with Crippen molar-refractivity contribution in [1.29, 1.82) is 0 Å². The van der Waals surface area contributed by atoms with Gasteiger partial charge in [0.1, 0.15) is 0 Å². The maximum atomic E-state index is 13.6. The third-order valence-electron chi connectivity index (χ3n) is 5.36. The highest BCUT2D eigenvalue weighted by atomic mass is 35.5. The highest BCUT2D eigenvalue weighted by molar-refractivity contribution is 8.19. The van der Waals surface area contributed by atoms with Gasteiger partial charge in [-0.05, 0) is 80.1 Å². The minimum absolute atomic E-state index is 0.147. The Kier molecular flexibility index (Phi) is 7.83. The van der Waals surface area contributed by atoms with E-state index in [-0.39, 0.29) is 5.91 Å². The largest absolute Gasteiger partial charge is 0.493 e. The molecule has 1 saturated heterocycles. The Bertz CT molecular complexity index is 1280. The molecule has 7 heteroatoms. The third-order valence-corrected chi connectivity index (χ3v) is 6.61. The first-order valence-corrected chi connectivity index (χ1v) is 12.6. The van der Waals surface area contributed by atoms with Crippen LogP contribution in [0.25, 0.3) is 6.08 Å². The van der Waals surface area contributed by atoms with E-state index in [4.69, 9.17) is 26.1 Å². The lowest BCUT2D eigenvalue weighted by Crippen LogP contribution is -2.28. The number of hydrogen-bond donors (Lipinski definition) is 0. The number of rotatable bonds is 7. The number of thioether (sulfide) groups is 1. The maximum absolute atomic E-state index is 13.6. The Labute approximate surface area is 215 Å². The van der Waals surface area contributed by atoms with Crippen molar-refractivity contribution in [3.8, 4) is 11.5 Å². The molecule has 1 fully saturated rings. The molecule has 1 aliphatic heterocycles. The van der Waals surface area contributed by atoms with Crippen LogP contribution in [0.4, 0.5) is 11.4 Å². The first kappa shape index (κ1) is 24.9. The van der Waals surface area contributed by atoms with Gasteiger partial charge in [-0.1, -0.05) is 53.9 Å². The number of carbonyl (C=O) groups is 1. The number of amidine groups is 1. The fourth-order valence-electron chi connectivity index (χ4n) is 3.52. The van der Waals surface area contributed by atoms with Gasteiger partial charge in [-0.3, -0.25) is 9.69 Å². The zero-order valence-electron chi connectivity index (χ0n) is 20.2. The molecule has 5 nitrogen and oxygen atoms in total. The van der Waals surface area contributed by atoms with Crippen LogP contribution in [0.1, 0.15) is 30.0 Å². The monoisotopic (exact) mass is 506 g/mol. The second-order valence-corrected chi connectivity index (χ2v) is 9.62. The predicted octanol–water partition coefficient (Wildman–Crippen LogP) is 7.56. The van der Waals surface area contributed by atoms with Crippen molar-refractivity contribution >= 4 is 51.9 Å². The molecule has 0 aromatic heterocycles. The number of aryl methyl sites for hydroxylation is 2. The highest BCUT2D eigenvalue weighted by Crippen LogP contribution is 2.40. The number of halogens is 1. The highest BCUT2D eigenvalue weighted by Gasteiger charge is 2.35. The lowest BCUT2D eigenvalue weighted by molar-refractivity contribution is -0.113. The molecule has 1 heterocycles. The molecule has 0 unspecified atom stereocenters. The molecule has 0 N–H and O–H groups in total. The molecule has 0 atom stereocenters. The molecule has 3 aromatic carbocycles. The van der Waals surface area contributed by atoms with Gasteiger partial charge in [-0.2, -0.15) is 0 Å². The Morgan fingerprint density at radius 3 is 2.31 bits per heavy atom. The topological polar surface area (TPSA) is 51.1 Å². The number of hydrogen-bond acceptors (Lipinski definition) is 5. The number of benzene rings is 3. The molecule has 3 aromatic rings. The summed E-state index contributed by atoms with van der Waals surface area (Å²) >= 11 is 7.83. The van der Waals surface area contributed by atoms with E-state index < -0.39 is 0 Å². The molecule has 0 saturated carbocycles. The van der Waals surface area contributed by atoms with Gasteiger partial charge in [-0.25, -0.2) is 4.99 Å². The van der Waals surface area contributed by atoms with Crippen molar-refractivity contribution in [2.75, 3.05) is 18.6 Å². The van der Waals surface area contributed by atoms with Crippen LogP contribution in [0.2, 0.25) is 5.02 Å². The number of ether oxygens (including phenoxy) is 2. The van der Waals surface area contributed by atoms with Crippen LogP contribution >= 0.6 is 23.4 Å². The lowest BCUT2D eigenvalue weighted by atomic mass is 10.1. The number of methoxy groups -OCH3 is 1. The molecule has 1 amide bonds. The van der Waals surface area contributed by atoms with E-state index in [0.717, 1.165) is 34.5 Å². The van der Waals surface area contributed by atoms with Gasteiger partial charge in [0.05, 0.1) is 35.0 Å². The summed E-state index contributed by atoms with van der Waals surface area (Å²) in [5.74, 6) is 0.884. The SMILES string of the molecule is CCCOc1c(Cl)cc(/C=C2\SC(=Nc3ccc(C)cc3)N(c3ccc(C)cc3)C2=O)cc1OC. The molecule has 4 rings (SSSR count). The van der Waals surface area contributed by atoms with Gasteiger partial charge in [0.15, 0.2) is 16.7 Å². The zero-order chi connectivity index (χ0) is 24.9. The molecule has 0 aliphatic carbocycles. The summed E-state index contributed by atoms with van der Waals surface area (Å²) in [5, 5.41) is 1.03. The minimum Gasteiger partial charge on any atom is -0.493 e. The Morgan fingerprint density at radius 1 is 1.03 bits per heavy atom. The first-order chi connectivity index (χ1) is 16.9. The smallest absolute Gasteiger partial charge is 0.271 e. The number of amides is 1. The van der Waals surface area contributed by atoms with Crippen LogP contribution in [-0.2, 0) is 4.79 Å². The summed E-state index contributed by atoms with van der Waals surface area (Å²) in [6.07, 6.45) is 2.66. The van der Waals surface area contributed by atoms with Crippen molar-refractivity contribution in [2.45, 2.75) is 27.2 Å². The molecule has 0 radical (unpaired) electrons. The van der Waals surface area contributed by atoms with E-state index in [1.807, 2.05) is 81.4 Å². The quantitative estimate of drug-likeness (QED) is 0.310. The van der Waals surface area contributed by atoms with E-state index in [9.17, 15) is 4.79 Å². The molecular formula is C28H27ClN2O3S. The fourth-order valence-corrected chi connectivity index (χ4v) is 4.79. The molecule has 180 valence electrons. The maximum Gasteiger partial charge on any atom is 0.271 e. The number of aliphatic imine (C=N–C) groups is 1. The van der Waals surface area contributed by atoms with E-state index in [1.165, 1.54) is 11.8 Å². The van der Waals surface area contributed by atoms with Gasteiger partial charge in [0.25, 0.3) is 5.91 Å². The summed E-state index contributed by atoms with van der Waals surface area (Å²) in [6, 6.07) is 19.3. The van der Waals surface area contributed by atoms with Crippen molar-refractivity contribution < 1.29 is 14.3 Å². The first-order valence-electron chi connectivity index (χ1n) is 11.4. The predicted molar refractivity (Wildman–Crippen MR) is 146 cm³/mol. The molecule has 1 aliphatic rings. The fraction of sp³-hybridized carbons (Fsp3) is 0.214. The average Bonchev–Trinajstić information content (AvgIpc) is 3.14. The van der Waals surface area contributed by atoms with Crippen molar-refractivity contribution in [2.24, 2.45) is 4.99 Å². The second-order valence-electron chi connectivity index (χ2n) is 8.20. The Hall–Kier alpha value is -3.22. The lowest BCUT2D eigenvalue weighted by Gasteiger charge is -2.16. The van der Waals surface area contributed by atoms with Crippen LogP contribution in [0.15, 0.2) is 70.6 Å².